The topological polar surface area (TPSA) is 59.2 Å². The second-order valence-corrected chi connectivity index (χ2v) is 7.85. The molecule has 9 heteroatoms. The standard InChI is InChI=1S/C20H18F3N3O2S/c21-20(22,23)16-5-1-4-14(10-16)19(27)26-7-2-3-13(11-26)9-17-24-18(25-28-17)15-6-8-29-12-15/h1,4-6,8,10,12-13H,2-3,7,9,11H2. The van der Waals surface area contributed by atoms with Gasteiger partial charge in [0.25, 0.3) is 5.91 Å². The molecule has 1 unspecified atom stereocenters. The predicted molar refractivity (Wildman–Crippen MR) is 101 cm³/mol. The van der Waals surface area contributed by atoms with Crippen LogP contribution in [0.1, 0.15) is 34.7 Å². The maximum Gasteiger partial charge on any atom is 0.416 e. The van der Waals surface area contributed by atoms with Gasteiger partial charge in [0, 0.05) is 36.0 Å². The molecule has 1 aliphatic rings. The molecule has 0 spiro atoms. The van der Waals surface area contributed by atoms with Crippen LogP contribution in [-0.2, 0) is 12.6 Å². The summed E-state index contributed by atoms with van der Waals surface area (Å²) < 4.78 is 44.1. The number of aromatic nitrogens is 2. The van der Waals surface area contributed by atoms with E-state index in [0.29, 0.717) is 31.2 Å². The molecule has 0 saturated carbocycles. The molecule has 152 valence electrons. The number of alkyl halides is 3. The summed E-state index contributed by atoms with van der Waals surface area (Å²) in [4.78, 5) is 18.8. The summed E-state index contributed by atoms with van der Waals surface area (Å²) in [5.74, 6) is 0.776. The van der Waals surface area contributed by atoms with Gasteiger partial charge in [-0.1, -0.05) is 11.2 Å². The number of nitrogens with zero attached hydrogens (tertiary/aromatic N) is 3. The first-order valence-electron chi connectivity index (χ1n) is 9.22. The molecular weight excluding hydrogens is 403 g/mol. The number of amides is 1. The Hall–Kier alpha value is -2.68. The number of carbonyl (C=O) groups excluding carboxylic acids is 1. The summed E-state index contributed by atoms with van der Waals surface area (Å²) in [5.41, 5.74) is 0.136. The molecule has 1 saturated heterocycles. The number of thiophene rings is 1. The molecule has 1 fully saturated rings. The number of hydrogen-bond donors (Lipinski definition) is 0. The highest BCUT2D eigenvalue weighted by atomic mass is 32.1. The summed E-state index contributed by atoms with van der Waals surface area (Å²) in [6, 6.07) is 6.48. The molecule has 5 nitrogen and oxygen atoms in total. The smallest absolute Gasteiger partial charge is 0.339 e. The number of hydrogen-bond acceptors (Lipinski definition) is 5. The van der Waals surface area contributed by atoms with Gasteiger partial charge in [-0.2, -0.15) is 29.5 Å². The first-order valence-corrected chi connectivity index (χ1v) is 10.2. The highest BCUT2D eigenvalue weighted by molar-refractivity contribution is 7.08. The fraction of sp³-hybridized carbons (Fsp3) is 0.350. The van der Waals surface area contributed by atoms with Gasteiger partial charge in [0.2, 0.25) is 11.7 Å². The summed E-state index contributed by atoms with van der Waals surface area (Å²) in [7, 11) is 0. The van der Waals surface area contributed by atoms with Crippen molar-refractivity contribution in [1.82, 2.24) is 15.0 Å². The molecular formula is C20H18F3N3O2S. The van der Waals surface area contributed by atoms with Gasteiger partial charge < -0.3 is 9.42 Å². The van der Waals surface area contributed by atoms with Gasteiger partial charge in [0.05, 0.1) is 5.56 Å². The largest absolute Gasteiger partial charge is 0.416 e. The molecule has 1 aliphatic heterocycles. The van der Waals surface area contributed by atoms with E-state index in [1.807, 2.05) is 16.8 Å². The van der Waals surface area contributed by atoms with Crippen molar-refractivity contribution < 1.29 is 22.5 Å². The van der Waals surface area contributed by atoms with Gasteiger partial charge in [-0.3, -0.25) is 4.79 Å². The lowest BCUT2D eigenvalue weighted by Gasteiger charge is -2.32. The van der Waals surface area contributed by atoms with E-state index in [4.69, 9.17) is 4.52 Å². The van der Waals surface area contributed by atoms with E-state index in [2.05, 4.69) is 10.1 Å². The van der Waals surface area contributed by atoms with Crippen LogP contribution in [0.3, 0.4) is 0 Å². The molecule has 29 heavy (non-hydrogen) atoms. The molecule has 0 bridgehead atoms. The molecule has 3 heterocycles. The predicted octanol–water partition coefficient (Wildman–Crippen LogP) is 4.91. The van der Waals surface area contributed by atoms with E-state index in [1.165, 1.54) is 12.1 Å². The van der Waals surface area contributed by atoms with E-state index in [-0.39, 0.29) is 17.4 Å². The molecule has 1 aromatic carbocycles. The van der Waals surface area contributed by atoms with Crippen LogP contribution in [0.4, 0.5) is 13.2 Å². The second-order valence-electron chi connectivity index (χ2n) is 7.07. The average Bonchev–Trinajstić information content (AvgIpc) is 3.39. The summed E-state index contributed by atoms with van der Waals surface area (Å²) >= 11 is 1.55. The fourth-order valence-electron chi connectivity index (χ4n) is 3.52. The van der Waals surface area contributed by atoms with Crippen molar-refractivity contribution in [3.8, 4) is 11.4 Å². The SMILES string of the molecule is O=C(c1cccc(C(F)(F)F)c1)N1CCCC(Cc2nc(-c3ccsc3)no2)C1. The summed E-state index contributed by atoms with van der Waals surface area (Å²) in [6.45, 7) is 0.973. The highest BCUT2D eigenvalue weighted by Gasteiger charge is 2.32. The van der Waals surface area contributed by atoms with Crippen molar-refractivity contribution in [2.75, 3.05) is 13.1 Å². The Morgan fingerprint density at radius 3 is 2.93 bits per heavy atom. The Labute approximate surface area is 169 Å². The first-order chi connectivity index (χ1) is 13.9. The van der Waals surface area contributed by atoms with Crippen LogP contribution in [0.5, 0.6) is 0 Å². The van der Waals surface area contributed by atoms with Crippen molar-refractivity contribution >= 4 is 17.2 Å². The van der Waals surface area contributed by atoms with Crippen molar-refractivity contribution in [3.05, 3.63) is 58.1 Å². The Bertz CT molecular complexity index is 985. The Kier molecular flexibility index (Phi) is 5.40. The van der Waals surface area contributed by atoms with Crippen molar-refractivity contribution in [3.63, 3.8) is 0 Å². The number of likely N-dealkylation sites (tertiary alicyclic amines) is 1. The van der Waals surface area contributed by atoms with Crippen LogP contribution in [-0.4, -0.2) is 34.0 Å². The molecule has 2 aromatic heterocycles. The van der Waals surface area contributed by atoms with Gasteiger partial charge in [-0.15, -0.1) is 0 Å². The highest BCUT2D eigenvalue weighted by Crippen LogP contribution is 2.30. The van der Waals surface area contributed by atoms with E-state index in [0.717, 1.165) is 30.5 Å². The molecule has 0 radical (unpaired) electrons. The monoisotopic (exact) mass is 421 g/mol. The van der Waals surface area contributed by atoms with Crippen LogP contribution in [0, 0.1) is 5.92 Å². The van der Waals surface area contributed by atoms with Crippen LogP contribution < -0.4 is 0 Å². The van der Waals surface area contributed by atoms with E-state index < -0.39 is 11.7 Å². The van der Waals surface area contributed by atoms with Crippen LogP contribution in [0.15, 0.2) is 45.6 Å². The van der Waals surface area contributed by atoms with E-state index >= 15 is 0 Å². The third-order valence-electron chi connectivity index (χ3n) is 4.95. The van der Waals surface area contributed by atoms with Gasteiger partial charge in [-0.25, -0.2) is 0 Å². The third kappa shape index (κ3) is 4.50. The van der Waals surface area contributed by atoms with Gasteiger partial charge in [-0.05, 0) is 48.4 Å². The van der Waals surface area contributed by atoms with Gasteiger partial charge >= 0.3 is 6.18 Å². The molecule has 3 aromatic rings. The average molecular weight is 421 g/mol. The van der Waals surface area contributed by atoms with Gasteiger partial charge in [0.15, 0.2) is 0 Å². The van der Waals surface area contributed by atoms with Crippen LogP contribution in [0.25, 0.3) is 11.4 Å². The molecule has 0 aliphatic carbocycles. The fourth-order valence-corrected chi connectivity index (χ4v) is 4.16. The lowest BCUT2D eigenvalue weighted by Crippen LogP contribution is -2.40. The van der Waals surface area contributed by atoms with Crippen molar-refractivity contribution in [2.45, 2.75) is 25.4 Å². The first kappa shape index (κ1) is 19.6. The van der Waals surface area contributed by atoms with Crippen molar-refractivity contribution in [1.29, 1.82) is 0 Å². The number of benzene rings is 1. The Morgan fingerprint density at radius 1 is 1.31 bits per heavy atom. The minimum absolute atomic E-state index is 0.0537. The number of carbonyl (C=O) groups is 1. The number of halogens is 3. The minimum Gasteiger partial charge on any atom is -0.339 e. The zero-order chi connectivity index (χ0) is 20.4. The zero-order valence-electron chi connectivity index (χ0n) is 15.4. The van der Waals surface area contributed by atoms with Crippen molar-refractivity contribution in [2.24, 2.45) is 5.92 Å². The summed E-state index contributed by atoms with van der Waals surface area (Å²) in [5, 5.41) is 7.86. The molecule has 1 atom stereocenters. The Balaban J connectivity index is 1.43. The van der Waals surface area contributed by atoms with Crippen LogP contribution in [0.2, 0.25) is 0 Å². The maximum atomic E-state index is 12.9. The third-order valence-corrected chi connectivity index (χ3v) is 5.64. The van der Waals surface area contributed by atoms with E-state index in [9.17, 15) is 18.0 Å². The molecule has 4 rings (SSSR count). The van der Waals surface area contributed by atoms with Gasteiger partial charge in [0.1, 0.15) is 0 Å². The number of piperidine rings is 1. The molecule has 0 N–H and O–H groups in total. The van der Waals surface area contributed by atoms with E-state index in [1.54, 1.807) is 16.2 Å². The normalized spacial score (nSPS) is 17.5. The lowest BCUT2D eigenvalue weighted by molar-refractivity contribution is -0.137. The summed E-state index contributed by atoms with van der Waals surface area (Å²) in [6.07, 6.45) is -2.27. The number of rotatable bonds is 4. The van der Waals surface area contributed by atoms with Crippen LogP contribution >= 0.6 is 11.3 Å². The minimum atomic E-state index is -4.47. The Morgan fingerprint density at radius 2 is 2.17 bits per heavy atom. The lowest BCUT2D eigenvalue weighted by atomic mass is 9.94. The second kappa shape index (κ2) is 7.98. The quantitative estimate of drug-likeness (QED) is 0.601. The maximum absolute atomic E-state index is 12.9. The molecule has 1 amide bonds. The zero-order valence-corrected chi connectivity index (χ0v) is 16.2.